The van der Waals surface area contributed by atoms with E-state index in [-0.39, 0.29) is 0 Å². The fourth-order valence-corrected chi connectivity index (χ4v) is 2.89. The third kappa shape index (κ3) is 2.55. The van der Waals surface area contributed by atoms with Crippen LogP contribution < -0.4 is 0 Å². The molecule has 1 heteroatoms. The minimum Gasteiger partial charge on any atom is -0.293 e. The van der Waals surface area contributed by atoms with Crippen LogP contribution in [0.2, 0.25) is 0 Å². The van der Waals surface area contributed by atoms with E-state index in [1.54, 1.807) is 5.56 Å². The Labute approximate surface area is 106 Å². The maximum atomic E-state index is 2.66. The lowest BCUT2D eigenvalue weighted by Gasteiger charge is -2.46. The van der Waals surface area contributed by atoms with Crippen molar-refractivity contribution in [3.63, 3.8) is 0 Å². The Balaban J connectivity index is 2.35. The van der Waals surface area contributed by atoms with Gasteiger partial charge in [-0.05, 0) is 36.8 Å². The van der Waals surface area contributed by atoms with Crippen molar-refractivity contribution in [1.82, 2.24) is 4.90 Å². The van der Waals surface area contributed by atoms with Gasteiger partial charge in [0.25, 0.3) is 0 Å². The van der Waals surface area contributed by atoms with Gasteiger partial charge in [-0.3, -0.25) is 4.90 Å². The average Bonchev–Trinajstić information content (AvgIpc) is 2.26. The minimum atomic E-state index is 0.345. The zero-order valence-electron chi connectivity index (χ0n) is 11.8. The van der Waals surface area contributed by atoms with Crippen LogP contribution in [-0.2, 0) is 13.0 Å². The standard InChI is InChI=1S/C16H25N/c1-12(2)17-11-14-9-7-6-8-13(14)10-15(17)16(3,4)5/h6-9,12,15H,10-11H2,1-5H3. The molecule has 1 aromatic carbocycles. The number of rotatable bonds is 1. The Morgan fingerprint density at radius 3 is 2.24 bits per heavy atom. The summed E-state index contributed by atoms with van der Waals surface area (Å²) in [4.78, 5) is 2.66. The van der Waals surface area contributed by atoms with Crippen molar-refractivity contribution in [2.24, 2.45) is 5.41 Å². The molecule has 1 aliphatic rings. The fourth-order valence-electron chi connectivity index (χ4n) is 2.89. The summed E-state index contributed by atoms with van der Waals surface area (Å²) in [5.41, 5.74) is 3.41. The molecule has 0 aromatic heterocycles. The molecule has 0 radical (unpaired) electrons. The maximum Gasteiger partial charge on any atom is 0.0242 e. The van der Waals surface area contributed by atoms with Gasteiger partial charge in [0.15, 0.2) is 0 Å². The van der Waals surface area contributed by atoms with E-state index in [1.807, 2.05) is 0 Å². The van der Waals surface area contributed by atoms with E-state index in [4.69, 9.17) is 0 Å². The topological polar surface area (TPSA) is 3.24 Å². The summed E-state index contributed by atoms with van der Waals surface area (Å²) in [5, 5.41) is 0. The first-order valence-electron chi connectivity index (χ1n) is 6.72. The molecule has 2 rings (SSSR count). The van der Waals surface area contributed by atoms with Gasteiger partial charge in [0.1, 0.15) is 0 Å². The maximum absolute atomic E-state index is 2.66. The lowest BCUT2D eigenvalue weighted by molar-refractivity contribution is 0.0532. The Morgan fingerprint density at radius 2 is 1.71 bits per heavy atom. The van der Waals surface area contributed by atoms with Crippen molar-refractivity contribution in [2.45, 2.75) is 59.7 Å². The van der Waals surface area contributed by atoms with Gasteiger partial charge in [0.2, 0.25) is 0 Å². The molecule has 1 unspecified atom stereocenters. The third-order valence-corrected chi connectivity index (χ3v) is 3.95. The molecular weight excluding hydrogens is 206 g/mol. The van der Waals surface area contributed by atoms with Crippen LogP contribution in [0.3, 0.4) is 0 Å². The molecule has 17 heavy (non-hydrogen) atoms. The van der Waals surface area contributed by atoms with Crippen LogP contribution in [0.25, 0.3) is 0 Å². The molecular formula is C16H25N. The fraction of sp³-hybridized carbons (Fsp3) is 0.625. The molecule has 0 fully saturated rings. The summed E-state index contributed by atoms with van der Waals surface area (Å²) in [7, 11) is 0. The third-order valence-electron chi connectivity index (χ3n) is 3.95. The van der Waals surface area contributed by atoms with Gasteiger partial charge >= 0.3 is 0 Å². The second kappa shape index (κ2) is 4.45. The van der Waals surface area contributed by atoms with Gasteiger partial charge < -0.3 is 0 Å². The lowest BCUT2D eigenvalue weighted by atomic mass is 9.78. The first-order chi connectivity index (χ1) is 7.89. The monoisotopic (exact) mass is 231 g/mol. The quantitative estimate of drug-likeness (QED) is 0.709. The van der Waals surface area contributed by atoms with E-state index in [2.05, 4.69) is 63.8 Å². The van der Waals surface area contributed by atoms with E-state index in [9.17, 15) is 0 Å². The predicted octanol–water partition coefficient (Wildman–Crippen LogP) is 3.87. The smallest absolute Gasteiger partial charge is 0.0242 e. The number of hydrogen-bond donors (Lipinski definition) is 0. The highest BCUT2D eigenvalue weighted by atomic mass is 15.2. The van der Waals surface area contributed by atoms with Gasteiger partial charge in [0, 0.05) is 18.6 Å². The zero-order valence-corrected chi connectivity index (χ0v) is 11.8. The van der Waals surface area contributed by atoms with Crippen molar-refractivity contribution < 1.29 is 0 Å². The lowest BCUT2D eigenvalue weighted by Crippen LogP contribution is -2.50. The molecule has 0 bridgehead atoms. The van der Waals surface area contributed by atoms with E-state index in [0.29, 0.717) is 17.5 Å². The van der Waals surface area contributed by atoms with Crippen molar-refractivity contribution >= 4 is 0 Å². The van der Waals surface area contributed by atoms with Gasteiger partial charge in [-0.2, -0.15) is 0 Å². The van der Waals surface area contributed by atoms with Crippen LogP contribution >= 0.6 is 0 Å². The van der Waals surface area contributed by atoms with Crippen molar-refractivity contribution in [1.29, 1.82) is 0 Å². The first kappa shape index (κ1) is 12.6. The highest BCUT2D eigenvalue weighted by molar-refractivity contribution is 5.30. The summed E-state index contributed by atoms with van der Waals surface area (Å²) in [5.74, 6) is 0. The molecule has 1 nitrogen and oxygen atoms in total. The van der Waals surface area contributed by atoms with Crippen molar-refractivity contribution in [2.75, 3.05) is 0 Å². The van der Waals surface area contributed by atoms with Crippen LogP contribution in [-0.4, -0.2) is 17.0 Å². The number of hydrogen-bond acceptors (Lipinski definition) is 1. The average molecular weight is 231 g/mol. The summed E-state index contributed by atoms with van der Waals surface area (Å²) in [6.07, 6.45) is 1.19. The molecule has 1 aliphatic heterocycles. The number of fused-ring (bicyclic) bond motifs is 1. The largest absolute Gasteiger partial charge is 0.293 e. The summed E-state index contributed by atoms with van der Waals surface area (Å²) < 4.78 is 0. The van der Waals surface area contributed by atoms with Crippen LogP contribution in [0.5, 0.6) is 0 Å². The Kier molecular flexibility index (Phi) is 3.31. The van der Waals surface area contributed by atoms with Gasteiger partial charge in [-0.15, -0.1) is 0 Å². The molecule has 0 spiro atoms. The molecule has 1 aromatic rings. The highest BCUT2D eigenvalue weighted by Crippen LogP contribution is 2.34. The molecule has 0 aliphatic carbocycles. The number of benzene rings is 1. The van der Waals surface area contributed by atoms with Crippen LogP contribution in [0.1, 0.15) is 45.7 Å². The molecule has 0 saturated carbocycles. The van der Waals surface area contributed by atoms with Gasteiger partial charge in [-0.1, -0.05) is 45.0 Å². The van der Waals surface area contributed by atoms with Crippen LogP contribution in [0, 0.1) is 5.41 Å². The van der Waals surface area contributed by atoms with Gasteiger partial charge in [0.05, 0.1) is 0 Å². The van der Waals surface area contributed by atoms with Gasteiger partial charge in [-0.25, -0.2) is 0 Å². The SMILES string of the molecule is CC(C)N1Cc2ccccc2CC1C(C)(C)C. The Morgan fingerprint density at radius 1 is 1.12 bits per heavy atom. The molecule has 94 valence electrons. The summed E-state index contributed by atoms with van der Waals surface area (Å²) >= 11 is 0. The molecule has 1 heterocycles. The Hall–Kier alpha value is -0.820. The van der Waals surface area contributed by atoms with E-state index in [0.717, 1.165) is 6.54 Å². The van der Waals surface area contributed by atoms with Crippen molar-refractivity contribution in [3.8, 4) is 0 Å². The second-order valence-corrected chi connectivity index (χ2v) is 6.62. The van der Waals surface area contributed by atoms with E-state index in [1.165, 1.54) is 12.0 Å². The highest BCUT2D eigenvalue weighted by Gasteiger charge is 2.35. The zero-order chi connectivity index (χ0) is 12.6. The minimum absolute atomic E-state index is 0.345. The van der Waals surface area contributed by atoms with E-state index < -0.39 is 0 Å². The molecule has 1 atom stereocenters. The predicted molar refractivity (Wildman–Crippen MR) is 74.1 cm³/mol. The second-order valence-electron chi connectivity index (χ2n) is 6.62. The summed E-state index contributed by atoms with van der Waals surface area (Å²) in [6.45, 7) is 12.8. The van der Waals surface area contributed by atoms with E-state index >= 15 is 0 Å². The van der Waals surface area contributed by atoms with Crippen LogP contribution in [0.4, 0.5) is 0 Å². The molecule has 0 saturated heterocycles. The first-order valence-corrected chi connectivity index (χ1v) is 6.72. The molecule has 0 N–H and O–H groups in total. The summed E-state index contributed by atoms with van der Waals surface area (Å²) in [6, 6.07) is 10.2. The Bertz CT molecular complexity index is 387. The number of nitrogens with zero attached hydrogens (tertiary/aromatic N) is 1. The molecule has 0 amide bonds. The van der Waals surface area contributed by atoms with Crippen LogP contribution in [0.15, 0.2) is 24.3 Å². The normalized spacial score (nSPS) is 21.6. The van der Waals surface area contributed by atoms with Crippen molar-refractivity contribution in [3.05, 3.63) is 35.4 Å².